The summed E-state index contributed by atoms with van der Waals surface area (Å²) >= 11 is 7.13. The molecule has 1 saturated heterocycles. The number of halogens is 1. The maximum Gasteiger partial charge on any atom is 0.245 e. The van der Waals surface area contributed by atoms with Crippen LogP contribution < -0.4 is 5.43 Å². The van der Waals surface area contributed by atoms with Gasteiger partial charge in [0.15, 0.2) is 0 Å². The normalized spacial score (nSPS) is 20.5. The van der Waals surface area contributed by atoms with Gasteiger partial charge in [0.1, 0.15) is 0 Å². The Morgan fingerprint density at radius 3 is 2.77 bits per heavy atom. The van der Waals surface area contributed by atoms with E-state index in [0.717, 1.165) is 62.6 Å². The fourth-order valence-electron chi connectivity index (χ4n) is 6.43. The minimum Gasteiger partial charge on any atom is -0.382 e. The number of likely N-dealkylation sites (tertiary alicyclic amines) is 1. The molecule has 11 heteroatoms. The zero-order valence-electron chi connectivity index (χ0n) is 24.9. The van der Waals surface area contributed by atoms with Crippen LogP contribution in [0.2, 0.25) is 0 Å². The van der Waals surface area contributed by atoms with Gasteiger partial charge in [0.2, 0.25) is 5.91 Å². The number of fused-ring (bicyclic) bond motifs is 2. The third-order valence-electron chi connectivity index (χ3n) is 8.69. The van der Waals surface area contributed by atoms with Crippen molar-refractivity contribution in [1.29, 1.82) is 0 Å². The van der Waals surface area contributed by atoms with Gasteiger partial charge in [0.25, 0.3) is 0 Å². The molecule has 3 aliphatic rings. The summed E-state index contributed by atoms with van der Waals surface area (Å²) < 4.78 is 14.8. The van der Waals surface area contributed by atoms with Gasteiger partial charge >= 0.3 is 0 Å². The summed E-state index contributed by atoms with van der Waals surface area (Å²) in [6.07, 6.45) is 9.13. The number of aromatic nitrogens is 4. The van der Waals surface area contributed by atoms with Crippen molar-refractivity contribution in [1.82, 2.24) is 29.9 Å². The van der Waals surface area contributed by atoms with Crippen molar-refractivity contribution in [3.05, 3.63) is 70.7 Å². The van der Waals surface area contributed by atoms with Gasteiger partial charge < -0.3 is 14.4 Å². The Morgan fingerprint density at radius 1 is 1.19 bits per heavy atom. The lowest BCUT2D eigenvalue weighted by Gasteiger charge is -2.32. The van der Waals surface area contributed by atoms with Crippen LogP contribution in [0, 0.1) is 12.8 Å². The van der Waals surface area contributed by atoms with Crippen molar-refractivity contribution in [2.45, 2.75) is 45.2 Å². The molecule has 43 heavy (non-hydrogen) atoms. The van der Waals surface area contributed by atoms with Crippen molar-refractivity contribution < 1.29 is 14.3 Å². The van der Waals surface area contributed by atoms with Crippen molar-refractivity contribution in [3.8, 4) is 11.3 Å². The van der Waals surface area contributed by atoms with E-state index < -0.39 is 0 Å². The topological polar surface area (TPSA) is 98.8 Å². The summed E-state index contributed by atoms with van der Waals surface area (Å²) in [6.45, 7) is 11.5. The molecule has 2 aromatic heterocycles. The number of hydrazone groups is 1. The average Bonchev–Trinajstić information content (AvgIpc) is 3.74. The van der Waals surface area contributed by atoms with E-state index in [4.69, 9.17) is 31.3 Å². The lowest BCUT2D eigenvalue weighted by molar-refractivity contribution is -0.127. The van der Waals surface area contributed by atoms with Crippen LogP contribution in [0.1, 0.15) is 43.0 Å². The highest BCUT2D eigenvalue weighted by Crippen LogP contribution is 2.48. The molecule has 1 aromatic carbocycles. The molecular formula is C32H38ClN7O3. The highest BCUT2D eigenvalue weighted by Gasteiger charge is 2.39. The van der Waals surface area contributed by atoms with Gasteiger partial charge in [-0.2, -0.15) is 15.3 Å². The van der Waals surface area contributed by atoms with Gasteiger partial charge in [-0.05, 0) is 56.5 Å². The molecular weight excluding hydrogens is 566 g/mol. The standard InChI is InChI=1S/C32H38ClN7O3/c1-5-28(41)38-10-8-24(9-11-38)40-21(3)29(30-25-18-34-35-27(25)16-20(2)31(30)33)32(37-40)22-6-7-26-23(17-22)19-39(36-26)12-13-43-15-14-42-4/h5-7,16-19,24-25,30,35H,1,8-15H2,2-4H3. The summed E-state index contributed by atoms with van der Waals surface area (Å²) in [7, 11) is 1.67. The lowest BCUT2D eigenvalue weighted by atomic mass is 9.78. The Kier molecular flexibility index (Phi) is 8.52. The summed E-state index contributed by atoms with van der Waals surface area (Å²) in [5.74, 6) is -0.133. The third-order valence-corrected chi connectivity index (χ3v) is 9.23. The second kappa shape index (κ2) is 12.5. The number of carbonyl (C=O) groups is 1. The molecule has 226 valence electrons. The largest absolute Gasteiger partial charge is 0.382 e. The smallest absolute Gasteiger partial charge is 0.245 e. The maximum atomic E-state index is 12.2. The van der Waals surface area contributed by atoms with Crippen LogP contribution in [-0.2, 0) is 20.8 Å². The van der Waals surface area contributed by atoms with Gasteiger partial charge in [-0.3, -0.25) is 19.6 Å². The van der Waals surface area contributed by atoms with E-state index in [-0.39, 0.29) is 23.8 Å². The number of piperidine rings is 1. The van der Waals surface area contributed by atoms with Crippen LogP contribution >= 0.6 is 11.6 Å². The molecule has 10 nitrogen and oxygen atoms in total. The van der Waals surface area contributed by atoms with Gasteiger partial charge in [-0.1, -0.05) is 24.2 Å². The highest BCUT2D eigenvalue weighted by atomic mass is 35.5. The molecule has 1 amide bonds. The summed E-state index contributed by atoms with van der Waals surface area (Å²) in [5, 5.41) is 16.3. The van der Waals surface area contributed by atoms with E-state index in [2.05, 4.69) is 59.2 Å². The summed E-state index contributed by atoms with van der Waals surface area (Å²) in [6, 6.07) is 6.48. The first kappa shape index (κ1) is 29.3. The number of benzene rings is 1. The van der Waals surface area contributed by atoms with E-state index >= 15 is 0 Å². The van der Waals surface area contributed by atoms with Crippen LogP contribution in [0.3, 0.4) is 0 Å². The molecule has 0 bridgehead atoms. The number of methoxy groups -OCH3 is 1. The summed E-state index contributed by atoms with van der Waals surface area (Å²) in [4.78, 5) is 14.1. The average molecular weight is 604 g/mol. The fourth-order valence-corrected chi connectivity index (χ4v) is 6.73. The monoisotopic (exact) mass is 603 g/mol. The number of carbonyl (C=O) groups excluding carboxylic acids is 1. The molecule has 1 fully saturated rings. The Labute approximate surface area is 256 Å². The van der Waals surface area contributed by atoms with E-state index in [1.165, 1.54) is 6.08 Å². The highest BCUT2D eigenvalue weighted by molar-refractivity contribution is 6.31. The zero-order chi connectivity index (χ0) is 30.1. The van der Waals surface area contributed by atoms with Crippen LogP contribution in [0.25, 0.3) is 22.2 Å². The van der Waals surface area contributed by atoms with E-state index in [0.29, 0.717) is 39.5 Å². The fraction of sp³-hybridized carbons (Fsp3) is 0.438. The first-order chi connectivity index (χ1) is 20.9. The van der Waals surface area contributed by atoms with Crippen LogP contribution in [-0.4, -0.2) is 76.6 Å². The number of hydrogen-bond acceptors (Lipinski definition) is 7. The number of ether oxygens (including phenoxy) is 2. The Balaban J connectivity index is 1.38. The molecule has 6 rings (SSSR count). The predicted molar refractivity (Wildman–Crippen MR) is 168 cm³/mol. The molecule has 2 atom stereocenters. The van der Waals surface area contributed by atoms with Crippen LogP contribution in [0.5, 0.6) is 0 Å². The second-order valence-corrected chi connectivity index (χ2v) is 11.8. The first-order valence-corrected chi connectivity index (χ1v) is 15.2. The van der Waals surface area contributed by atoms with Crippen molar-refractivity contribution in [2.24, 2.45) is 11.0 Å². The molecule has 0 spiro atoms. The third kappa shape index (κ3) is 5.67. The van der Waals surface area contributed by atoms with Gasteiger partial charge in [-0.15, -0.1) is 0 Å². The molecule has 2 unspecified atom stereocenters. The second-order valence-electron chi connectivity index (χ2n) is 11.3. The Morgan fingerprint density at radius 2 is 2.00 bits per heavy atom. The molecule has 4 heterocycles. The SMILES string of the molecule is C=CC(=O)N1CCC(n2nc(-c3ccc4nn(CCOCCOC)cc4c3)c(C3C(Cl)=C(C)C=C4NN=CC43)c2C)CC1. The zero-order valence-corrected chi connectivity index (χ0v) is 25.7. The number of rotatable bonds is 10. The van der Waals surface area contributed by atoms with E-state index in [9.17, 15) is 4.79 Å². The van der Waals surface area contributed by atoms with Crippen molar-refractivity contribution in [3.63, 3.8) is 0 Å². The Hall–Kier alpha value is -3.73. The Bertz CT molecular complexity index is 1630. The molecule has 2 aliphatic heterocycles. The van der Waals surface area contributed by atoms with Crippen LogP contribution in [0.4, 0.5) is 0 Å². The van der Waals surface area contributed by atoms with Crippen LogP contribution in [0.15, 0.2) is 64.5 Å². The minimum atomic E-state index is -0.116. The van der Waals surface area contributed by atoms with Crippen molar-refractivity contribution in [2.75, 3.05) is 40.0 Å². The summed E-state index contributed by atoms with van der Waals surface area (Å²) in [5.41, 5.74) is 10.3. The van der Waals surface area contributed by atoms with Gasteiger partial charge in [-0.25, -0.2) is 0 Å². The molecule has 1 aliphatic carbocycles. The lowest BCUT2D eigenvalue weighted by Crippen LogP contribution is -2.38. The van der Waals surface area contributed by atoms with Gasteiger partial charge in [0, 0.05) is 77.4 Å². The molecule has 3 aromatic rings. The number of nitrogens with zero attached hydrogens (tertiary/aromatic N) is 6. The number of allylic oxidation sites excluding steroid dienone is 4. The van der Waals surface area contributed by atoms with Gasteiger partial charge in [0.05, 0.1) is 43.6 Å². The molecule has 1 N–H and O–H groups in total. The number of hydrogen-bond donors (Lipinski definition) is 1. The predicted octanol–water partition coefficient (Wildman–Crippen LogP) is 4.92. The van der Waals surface area contributed by atoms with E-state index in [1.54, 1.807) is 7.11 Å². The minimum absolute atomic E-state index is 0.00273. The maximum absolute atomic E-state index is 12.2. The number of amides is 1. The van der Waals surface area contributed by atoms with Crippen molar-refractivity contribution >= 4 is 34.6 Å². The first-order valence-electron chi connectivity index (χ1n) is 14.8. The molecule has 0 saturated carbocycles. The number of nitrogens with one attached hydrogen (secondary N) is 1. The quantitative estimate of drug-likeness (QED) is 0.261. The van der Waals surface area contributed by atoms with E-state index in [1.807, 2.05) is 22.7 Å². The molecule has 0 radical (unpaired) electrons.